The van der Waals surface area contributed by atoms with Crippen molar-refractivity contribution in [2.45, 2.75) is 0 Å². The Labute approximate surface area is 281 Å². The van der Waals surface area contributed by atoms with Gasteiger partial charge in [0.2, 0.25) is 0 Å². The van der Waals surface area contributed by atoms with Gasteiger partial charge in [-0.3, -0.25) is 9.97 Å². The van der Waals surface area contributed by atoms with E-state index in [4.69, 9.17) is 10.3 Å². The van der Waals surface area contributed by atoms with Gasteiger partial charge in [-0.15, -0.1) is 5.10 Å². The molecule has 7 heteroatoms. The summed E-state index contributed by atoms with van der Waals surface area (Å²) < 4.78 is 6.59. The van der Waals surface area contributed by atoms with E-state index in [2.05, 4.69) is 134 Å². The zero-order valence-electron chi connectivity index (χ0n) is 26.2. The highest BCUT2D eigenvalue weighted by atomic mass is 15.4. The maximum atomic E-state index is 4.86. The van der Waals surface area contributed by atoms with Crippen LogP contribution in [0.2, 0.25) is 0 Å². The Kier molecular flexibility index (Phi) is 6.04. The number of benzene rings is 5. The minimum absolute atomic E-state index is 0.769. The van der Waals surface area contributed by atoms with Crippen molar-refractivity contribution in [2.24, 2.45) is 0 Å². The summed E-state index contributed by atoms with van der Waals surface area (Å²) in [7, 11) is 0. The van der Waals surface area contributed by atoms with E-state index < -0.39 is 0 Å². The molecule has 7 nitrogen and oxygen atoms in total. The molecule has 5 aromatic heterocycles. The topological polar surface area (TPSA) is 66.3 Å². The summed E-state index contributed by atoms with van der Waals surface area (Å²) in [4.78, 5) is 8.82. The molecule has 5 heterocycles. The lowest BCUT2D eigenvalue weighted by Crippen LogP contribution is -2.01. The van der Waals surface area contributed by atoms with E-state index in [1.165, 1.54) is 27.2 Å². The van der Waals surface area contributed by atoms with E-state index in [0.717, 1.165) is 56.0 Å². The Morgan fingerprint density at radius 2 is 1.02 bits per heavy atom. The zero-order chi connectivity index (χ0) is 32.3. The van der Waals surface area contributed by atoms with Crippen LogP contribution in [0.3, 0.4) is 0 Å². The van der Waals surface area contributed by atoms with Crippen molar-refractivity contribution in [1.82, 2.24) is 34.1 Å². The molecule has 0 N–H and O–H groups in total. The number of nitrogens with zero attached hydrogens (tertiary/aromatic N) is 7. The maximum absolute atomic E-state index is 4.86. The molecule has 0 aliphatic carbocycles. The van der Waals surface area contributed by atoms with E-state index >= 15 is 0 Å². The number of rotatable bonds is 5. The Balaban J connectivity index is 1.27. The minimum Gasteiger partial charge on any atom is -0.309 e. The summed E-state index contributed by atoms with van der Waals surface area (Å²) in [5, 5.41) is 14.3. The molecular weight excluding hydrogens is 603 g/mol. The van der Waals surface area contributed by atoms with Gasteiger partial charge in [0.15, 0.2) is 0 Å². The molecule has 0 amide bonds. The van der Waals surface area contributed by atoms with E-state index in [1.807, 2.05) is 35.1 Å². The van der Waals surface area contributed by atoms with Crippen LogP contribution < -0.4 is 0 Å². The number of fused-ring (bicyclic) bond motifs is 6. The minimum atomic E-state index is 0.769. The van der Waals surface area contributed by atoms with Crippen molar-refractivity contribution in [3.05, 3.63) is 164 Å². The molecule has 10 rings (SSSR count). The van der Waals surface area contributed by atoms with Crippen molar-refractivity contribution < 1.29 is 0 Å². The highest BCUT2D eigenvalue weighted by molar-refractivity contribution is 6.14. The fourth-order valence-electron chi connectivity index (χ4n) is 7.33. The highest BCUT2D eigenvalue weighted by Crippen LogP contribution is 2.41. The summed E-state index contributed by atoms with van der Waals surface area (Å²) in [6.07, 6.45) is 7.21. The van der Waals surface area contributed by atoms with Gasteiger partial charge in [-0.1, -0.05) is 84.1 Å². The zero-order valence-corrected chi connectivity index (χ0v) is 26.2. The Bertz CT molecular complexity index is 2770. The van der Waals surface area contributed by atoms with Crippen LogP contribution in [0.25, 0.3) is 83.2 Å². The monoisotopic (exact) mass is 629 g/mol. The third-order valence-electron chi connectivity index (χ3n) is 9.37. The molecular formula is C42H27N7. The third kappa shape index (κ3) is 4.16. The first-order valence-corrected chi connectivity index (χ1v) is 16.2. The summed E-state index contributed by atoms with van der Waals surface area (Å²) in [5.74, 6) is 0. The summed E-state index contributed by atoms with van der Waals surface area (Å²) in [5.41, 5.74) is 11.0. The lowest BCUT2D eigenvalue weighted by atomic mass is 10.0. The van der Waals surface area contributed by atoms with Gasteiger partial charge in [0.05, 0.1) is 34.0 Å². The molecule has 5 aromatic carbocycles. The average molecular weight is 630 g/mol. The molecule has 0 bridgehead atoms. The summed E-state index contributed by atoms with van der Waals surface area (Å²) in [6, 6.07) is 49.0. The van der Waals surface area contributed by atoms with Crippen LogP contribution in [-0.2, 0) is 0 Å². The van der Waals surface area contributed by atoms with E-state index in [0.29, 0.717) is 0 Å². The molecule has 0 unspecified atom stereocenters. The van der Waals surface area contributed by atoms with Gasteiger partial charge in [0, 0.05) is 62.6 Å². The molecule has 0 fully saturated rings. The van der Waals surface area contributed by atoms with Gasteiger partial charge in [-0.05, 0) is 60.7 Å². The first kappa shape index (κ1) is 27.3. The summed E-state index contributed by atoms with van der Waals surface area (Å²) >= 11 is 0. The first-order valence-electron chi connectivity index (χ1n) is 16.2. The fourth-order valence-corrected chi connectivity index (χ4v) is 7.33. The standard InChI is InChI=1S/C42H27N7/c1-4-20-37-32(15-1)33-16-2-5-21-38(33)47(37)29-12-7-13-30(25-29)48-39-22-6-3-17-34(39)35-18-8-19-36(42(35)48)40-41(28-11-9-23-43-26-28)49(46-45-40)31-14-10-24-44-27-31/h1-27H. The number of hydrogen-bond acceptors (Lipinski definition) is 4. The van der Waals surface area contributed by atoms with Crippen LogP contribution in [0.1, 0.15) is 0 Å². The first-order chi connectivity index (χ1) is 24.3. The average Bonchev–Trinajstić information content (AvgIpc) is 3.86. The number of pyridine rings is 2. The molecule has 0 saturated carbocycles. The van der Waals surface area contributed by atoms with Crippen molar-refractivity contribution in [3.63, 3.8) is 0 Å². The van der Waals surface area contributed by atoms with Crippen LogP contribution in [0, 0.1) is 0 Å². The largest absolute Gasteiger partial charge is 0.309 e. The van der Waals surface area contributed by atoms with Crippen LogP contribution in [0.15, 0.2) is 164 Å². The Morgan fingerprint density at radius 3 is 1.69 bits per heavy atom. The molecule has 0 saturated heterocycles. The van der Waals surface area contributed by atoms with E-state index in [-0.39, 0.29) is 0 Å². The van der Waals surface area contributed by atoms with Crippen LogP contribution in [0.5, 0.6) is 0 Å². The van der Waals surface area contributed by atoms with Crippen LogP contribution >= 0.6 is 0 Å². The Hall–Kier alpha value is -6.86. The van der Waals surface area contributed by atoms with Gasteiger partial charge in [-0.25, -0.2) is 4.68 Å². The Morgan fingerprint density at radius 1 is 0.449 bits per heavy atom. The van der Waals surface area contributed by atoms with Crippen LogP contribution in [-0.4, -0.2) is 34.1 Å². The van der Waals surface area contributed by atoms with Gasteiger partial charge in [-0.2, -0.15) is 0 Å². The van der Waals surface area contributed by atoms with Gasteiger partial charge in [0.25, 0.3) is 0 Å². The molecule has 0 spiro atoms. The van der Waals surface area contributed by atoms with Gasteiger partial charge < -0.3 is 9.13 Å². The maximum Gasteiger partial charge on any atom is 0.123 e. The predicted octanol–water partition coefficient (Wildman–Crippen LogP) is 9.59. The van der Waals surface area contributed by atoms with Crippen LogP contribution in [0.4, 0.5) is 0 Å². The molecule has 0 radical (unpaired) electrons. The second-order valence-electron chi connectivity index (χ2n) is 12.1. The molecule has 49 heavy (non-hydrogen) atoms. The van der Waals surface area contributed by atoms with E-state index in [9.17, 15) is 0 Å². The van der Waals surface area contributed by atoms with Crippen molar-refractivity contribution in [1.29, 1.82) is 0 Å². The number of para-hydroxylation sites is 4. The SMILES string of the molecule is c1cncc(-c2c(-c3cccc4c5ccccc5n(-c5cccc(-n6c7ccccc7c7ccccc76)c5)c34)nnn2-c2cccnc2)c1. The molecule has 230 valence electrons. The molecule has 0 aliphatic rings. The molecule has 10 aromatic rings. The number of aromatic nitrogens is 7. The molecule has 0 aliphatic heterocycles. The summed E-state index contributed by atoms with van der Waals surface area (Å²) in [6.45, 7) is 0. The lowest BCUT2D eigenvalue weighted by Gasteiger charge is -2.14. The van der Waals surface area contributed by atoms with Crippen molar-refractivity contribution in [3.8, 4) is 39.6 Å². The quantitative estimate of drug-likeness (QED) is 0.190. The second-order valence-corrected chi connectivity index (χ2v) is 12.1. The molecule has 0 atom stereocenters. The fraction of sp³-hybridized carbons (Fsp3) is 0. The predicted molar refractivity (Wildman–Crippen MR) is 196 cm³/mol. The lowest BCUT2D eigenvalue weighted by molar-refractivity contribution is 0.804. The third-order valence-corrected chi connectivity index (χ3v) is 9.37. The van der Waals surface area contributed by atoms with Crippen molar-refractivity contribution in [2.75, 3.05) is 0 Å². The highest BCUT2D eigenvalue weighted by Gasteiger charge is 2.24. The number of hydrogen-bond donors (Lipinski definition) is 0. The normalized spacial score (nSPS) is 11.7. The van der Waals surface area contributed by atoms with E-state index in [1.54, 1.807) is 18.6 Å². The van der Waals surface area contributed by atoms with Crippen molar-refractivity contribution >= 4 is 43.6 Å². The second kappa shape index (κ2) is 10.9. The van der Waals surface area contributed by atoms with Gasteiger partial charge >= 0.3 is 0 Å². The van der Waals surface area contributed by atoms with Gasteiger partial charge in [0.1, 0.15) is 11.4 Å². The smallest absolute Gasteiger partial charge is 0.123 e.